The molecule has 52 heavy (non-hydrogen) atoms. The van der Waals surface area contributed by atoms with Crippen LogP contribution in [0.3, 0.4) is 0 Å². The molecule has 3 aliphatic heterocycles. The molecule has 0 unspecified atom stereocenters. The first-order valence-electron chi connectivity index (χ1n) is 17.0. The fraction of sp³-hybridized carbons (Fsp3) is 0.324. The van der Waals surface area contributed by atoms with E-state index in [1.165, 1.54) is 24.3 Å². The Labute approximate surface area is 311 Å². The van der Waals surface area contributed by atoms with Crippen LogP contribution in [-0.4, -0.2) is 113 Å². The summed E-state index contributed by atoms with van der Waals surface area (Å²) in [7, 11) is 4.23. The van der Waals surface area contributed by atoms with Gasteiger partial charge in [-0.25, -0.2) is 18.7 Å². The fourth-order valence-electron chi connectivity index (χ4n) is 5.99. The Kier molecular flexibility index (Phi) is 12.3. The van der Waals surface area contributed by atoms with Crippen molar-refractivity contribution in [3.05, 3.63) is 88.9 Å². The van der Waals surface area contributed by atoms with Gasteiger partial charge in [0.1, 0.15) is 27.6 Å². The molecule has 5 heterocycles. The van der Waals surface area contributed by atoms with Gasteiger partial charge >= 0.3 is 0 Å². The molecule has 15 heteroatoms. The maximum absolute atomic E-state index is 14.7. The van der Waals surface area contributed by atoms with Gasteiger partial charge < -0.3 is 24.9 Å². The third-order valence-corrected chi connectivity index (χ3v) is 10.1. The Morgan fingerprint density at radius 1 is 0.731 bits per heavy atom. The number of benzene rings is 2. The van der Waals surface area contributed by atoms with Crippen molar-refractivity contribution in [1.82, 2.24) is 35.1 Å². The van der Waals surface area contributed by atoms with Gasteiger partial charge in [0, 0.05) is 56.0 Å². The highest BCUT2D eigenvalue weighted by Crippen LogP contribution is 2.29. The van der Waals surface area contributed by atoms with Crippen molar-refractivity contribution in [1.29, 1.82) is 0 Å². The van der Waals surface area contributed by atoms with Crippen LogP contribution < -0.4 is 15.1 Å². The van der Waals surface area contributed by atoms with Gasteiger partial charge in [0.2, 0.25) is 0 Å². The number of carbonyl (C=O) groups is 2. The first-order valence-corrected chi connectivity index (χ1v) is 18.2. The molecule has 0 radical (unpaired) electrons. The second-order valence-electron chi connectivity index (χ2n) is 12.8. The Balaban J connectivity index is 0.000000183. The lowest BCUT2D eigenvalue weighted by Crippen LogP contribution is -2.29. The summed E-state index contributed by atoms with van der Waals surface area (Å²) in [6.45, 7) is 7.72. The lowest BCUT2D eigenvalue weighted by Gasteiger charge is -2.21. The minimum Gasteiger partial charge on any atom is -0.354 e. The molecule has 0 saturated carbocycles. The summed E-state index contributed by atoms with van der Waals surface area (Å²) in [6, 6.07) is 9.33. The van der Waals surface area contributed by atoms with E-state index in [1.807, 2.05) is 0 Å². The molecule has 1 amide bonds. The van der Waals surface area contributed by atoms with E-state index in [0.717, 1.165) is 88.6 Å². The number of aldehydes is 1. The third kappa shape index (κ3) is 9.39. The lowest BCUT2D eigenvalue weighted by atomic mass is 10.1. The van der Waals surface area contributed by atoms with E-state index in [0.29, 0.717) is 43.6 Å². The van der Waals surface area contributed by atoms with Gasteiger partial charge in [-0.15, -0.1) is 0 Å². The van der Waals surface area contributed by atoms with Gasteiger partial charge in [-0.05, 0) is 64.3 Å². The summed E-state index contributed by atoms with van der Waals surface area (Å²) in [4.78, 5) is 49.8. The molecular weight excluding hydrogens is 705 g/mol. The molecule has 3 saturated heterocycles. The zero-order valence-corrected chi connectivity index (χ0v) is 30.6. The summed E-state index contributed by atoms with van der Waals surface area (Å²) >= 11 is 6.09. The maximum atomic E-state index is 14.7. The average molecular weight is 744 g/mol. The van der Waals surface area contributed by atoms with Crippen molar-refractivity contribution in [2.45, 2.75) is 12.8 Å². The molecule has 0 aliphatic carbocycles. The average Bonchev–Trinajstić information content (AvgIpc) is 3.30. The highest BCUT2D eigenvalue weighted by molar-refractivity contribution is 8.26. The van der Waals surface area contributed by atoms with Gasteiger partial charge in [0.25, 0.3) is 5.91 Å². The number of rotatable bonds is 6. The Bertz CT molecular complexity index is 1980. The van der Waals surface area contributed by atoms with E-state index in [2.05, 4.69) is 54.0 Å². The number of likely N-dealkylation sites (N-methyl/N-ethyl adjacent to an activating group) is 2. The van der Waals surface area contributed by atoms with Crippen LogP contribution in [0.2, 0.25) is 0 Å². The van der Waals surface area contributed by atoms with Crippen LogP contribution in [0.25, 0.3) is 28.6 Å². The van der Waals surface area contributed by atoms with Crippen LogP contribution in [-0.2, 0) is 4.79 Å². The van der Waals surface area contributed by atoms with Gasteiger partial charge in [-0.2, -0.15) is 0 Å². The summed E-state index contributed by atoms with van der Waals surface area (Å²) in [5.74, 6) is 0.339. The van der Waals surface area contributed by atoms with Crippen molar-refractivity contribution >= 4 is 58.2 Å². The van der Waals surface area contributed by atoms with Gasteiger partial charge in [0.15, 0.2) is 6.29 Å². The van der Waals surface area contributed by atoms with Crippen LogP contribution >= 0.6 is 24.0 Å². The van der Waals surface area contributed by atoms with Gasteiger partial charge in [-0.1, -0.05) is 42.2 Å². The van der Waals surface area contributed by atoms with Gasteiger partial charge in [0.05, 0.1) is 46.6 Å². The zero-order valence-electron chi connectivity index (χ0n) is 29.0. The number of aromatic nitrogens is 4. The quantitative estimate of drug-likeness (QED) is 0.160. The normalized spacial score (nSPS) is 18.0. The van der Waals surface area contributed by atoms with Gasteiger partial charge in [-0.3, -0.25) is 19.6 Å². The molecule has 7 rings (SSSR count). The number of nitrogens with zero attached hydrogens (tertiary/aromatic N) is 8. The molecule has 1 N–H and O–H groups in total. The van der Waals surface area contributed by atoms with Crippen LogP contribution in [0, 0.1) is 11.6 Å². The molecule has 4 aromatic rings. The van der Waals surface area contributed by atoms with Crippen LogP contribution in [0.5, 0.6) is 0 Å². The van der Waals surface area contributed by atoms with Crippen molar-refractivity contribution in [2.24, 2.45) is 0 Å². The number of hydrogen-bond donors (Lipinski definition) is 1. The number of carbonyl (C=O) groups excluding carboxylic acids is 2. The lowest BCUT2D eigenvalue weighted by molar-refractivity contribution is -0.115. The summed E-state index contributed by atoms with van der Waals surface area (Å²) in [6.07, 6.45) is 10.9. The number of anilines is 2. The third-order valence-electron chi connectivity index (χ3n) is 8.98. The summed E-state index contributed by atoms with van der Waals surface area (Å²) < 4.78 is 28.9. The van der Waals surface area contributed by atoms with E-state index >= 15 is 0 Å². The molecule has 270 valence electrons. The summed E-state index contributed by atoms with van der Waals surface area (Å²) in [5.41, 5.74) is 2.87. The Morgan fingerprint density at radius 3 is 1.71 bits per heavy atom. The Hall–Kier alpha value is -4.70. The highest BCUT2D eigenvalue weighted by Gasteiger charge is 2.23. The summed E-state index contributed by atoms with van der Waals surface area (Å²) in [5, 5.41) is 2.53. The van der Waals surface area contributed by atoms with E-state index in [-0.39, 0.29) is 11.5 Å². The number of hydrogen-bond acceptors (Lipinski definition) is 12. The molecule has 0 atom stereocenters. The SMILES string of the molecule is CN1CCCN(c2cncc(-c3ccc(/C=C4\SC(=S)NC4=O)c(F)c3)n2)CC1.CN1CCCN(c2cncc(-c3ccc(C=O)c(F)c3)n2)CC1. The Morgan fingerprint density at radius 2 is 1.25 bits per heavy atom. The largest absolute Gasteiger partial charge is 0.354 e. The molecule has 3 fully saturated rings. The van der Waals surface area contributed by atoms with Crippen molar-refractivity contribution in [3.8, 4) is 22.5 Å². The van der Waals surface area contributed by atoms with Crippen molar-refractivity contribution in [3.63, 3.8) is 0 Å². The molecule has 0 bridgehead atoms. The molecule has 2 aromatic carbocycles. The number of thiocarbonyl (C=S) groups is 1. The number of amides is 1. The second-order valence-corrected chi connectivity index (χ2v) is 14.5. The fourth-order valence-corrected chi connectivity index (χ4v) is 7.03. The minimum atomic E-state index is -0.541. The zero-order chi connectivity index (χ0) is 36.6. The minimum absolute atomic E-state index is 0.0495. The van der Waals surface area contributed by atoms with E-state index in [4.69, 9.17) is 17.2 Å². The van der Waals surface area contributed by atoms with E-state index in [1.54, 1.807) is 43.0 Å². The molecule has 11 nitrogen and oxygen atoms in total. The molecule has 0 spiro atoms. The van der Waals surface area contributed by atoms with Crippen LogP contribution in [0.15, 0.2) is 66.1 Å². The molecule has 2 aromatic heterocycles. The second kappa shape index (κ2) is 17.2. The van der Waals surface area contributed by atoms with Crippen LogP contribution in [0.4, 0.5) is 20.4 Å². The monoisotopic (exact) mass is 743 g/mol. The van der Waals surface area contributed by atoms with Crippen LogP contribution in [0.1, 0.15) is 28.8 Å². The smallest absolute Gasteiger partial charge is 0.263 e. The molecule has 3 aliphatic rings. The first kappa shape index (κ1) is 37.1. The number of thioether (sulfide) groups is 1. The van der Waals surface area contributed by atoms with Crippen molar-refractivity contribution < 1.29 is 18.4 Å². The predicted molar refractivity (Wildman–Crippen MR) is 205 cm³/mol. The molecular formula is C37H39F2N9O2S2. The maximum Gasteiger partial charge on any atom is 0.263 e. The number of halogens is 2. The number of nitrogens with one attached hydrogen (secondary N) is 1. The van der Waals surface area contributed by atoms with E-state index < -0.39 is 11.6 Å². The first-order chi connectivity index (χ1) is 25.2. The van der Waals surface area contributed by atoms with E-state index in [9.17, 15) is 18.4 Å². The standard InChI is InChI=1S/C20H20FN5OS2.C17H19FN4O/c1-25-5-2-6-26(8-7-25)18-12-22-11-16(23-18)14-4-3-13(15(21)9-14)10-17-19(27)24-20(28)29-17;1-21-5-2-6-22(8-7-21)17-11-19-10-16(20-17)13-3-4-14(12-23)15(18)9-13/h3-4,9-12H,2,5-8H2,1H3,(H,24,27,28);3-4,9-12H,2,5-8H2,1H3/b17-10-;. The topological polar surface area (TPSA) is 111 Å². The highest BCUT2D eigenvalue weighted by atomic mass is 32.2. The van der Waals surface area contributed by atoms with Crippen molar-refractivity contribution in [2.75, 3.05) is 76.3 Å². The predicted octanol–water partition coefficient (Wildman–Crippen LogP) is 5.15.